The van der Waals surface area contributed by atoms with Gasteiger partial charge in [0.25, 0.3) is 0 Å². The van der Waals surface area contributed by atoms with Crippen LogP contribution < -0.4 is 5.32 Å². The molecule has 1 rings (SSSR count). The predicted molar refractivity (Wildman–Crippen MR) is 89.6 cm³/mol. The van der Waals surface area contributed by atoms with Crippen molar-refractivity contribution in [1.82, 2.24) is 5.32 Å². The molecule has 3 heteroatoms. The lowest BCUT2D eigenvalue weighted by Gasteiger charge is -2.17. The fraction of sp³-hybridized carbons (Fsp3) is 0.647. The van der Waals surface area contributed by atoms with Gasteiger partial charge in [-0.25, -0.2) is 0 Å². The number of benzene rings is 1. The first kappa shape index (κ1) is 17.4. The second-order valence-corrected chi connectivity index (χ2v) is 7.45. The van der Waals surface area contributed by atoms with E-state index in [9.17, 15) is 4.21 Å². The van der Waals surface area contributed by atoms with Gasteiger partial charge >= 0.3 is 0 Å². The van der Waals surface area contributed by atoms with Gasteiger partial charge in [-0.3, -0.25) is 4.21 Å². The van der Waals surface area contributed by atoms with Crippen LogP contribution in [0, 0.1) is 5.92 Å². The Hall–Kier alpha value is -0.670. The summed E-state index contributed by atoms with van der Waals surface area (Å²) in [5, 5.41) is 3.30. The third-order valence-corrected chi connectivity index (χ3v) is 4.94. The van der Waals surface area contributed by atoms with Gasteiger partial charge in [-0.1, -0.05) is 51.5 Å². The van der Waals surface area contributed by atoms with Crippen molar-refractivity contribution >= 4 is 10.8 Å². The van der Waals surface area contributed by atoms with Gasteiger partial charge < -0.3 is 5.32 Å². The van der Waals surface area contributed by atoms with Gasteiger partial charge in [-0.2, -0.15) is 0 Å². The molecule has 0 fully saturated rings. The molecule has 0 aromatic heterocycles. The maximum Gasteiger partial charge on any atom is 0.0434 e. The monoisotopic (exact) mass is 295 g/mol. The van der Waals surface area contributed by atoms with Gasteiger partial charge in [-0.15, -0.1) is 0 Å². The second-order valence-electron chi connectivity index (χ2n) is 5.83. The number of rotatable bonds is 9. The van der Waals surface area contributed by atoms with Gasteiger partial charge in [0.15, 0.2) is 0 Å². The van der Waals surface area contributed by atoms with Crippen LogP contribution in [0.2, 0.25) is 0 Å². The molecule has 2 atom stereocenters. The van der Waals surface area contributed by atoms with Crippen molar-refractivity contribution in [3.8, 4) is 0 Å². The molecule has 0 aliphatic rings. The molecule has 2 unspecified atom stereocenters. The highest BCUT2D eigenvalue weighted by Gasteiger charge is 2.13. The molecule has 0 radical (unpaired) electrons. The van der Waals surface area contributed by atoms with E-state index in [1.54, 1.807) is 0 Å². The number of hydrogen-bond acceptors (Lipinski definition) is 2. The van der Waals surface area contributed by atoms with E-state index >= 15 is 0 Å². The molecular weight excluding hydrogens is 266 g/mol. The molecule has 0 saturated heterocycles. The Labute approximate surface area is 126 Å². The molecule has 114 valence electrons. The summed E-state index contributed by atoms with van der Waals surface area (Å²) in [5.74, 6) is 2.14. The second kappa shape index (κ2) is 9.30. The van der Waals surface area contributed by atoms with Crippen molar-refractivity contribution in [2.45, 2.75) is 46.1 Å². The smallest absolute Gasteiger partial charge is 0.0434 e. The zero-order valence-electron chi connectivity index (χ0n) is 13.3. The Balaban J connectivity index is 2.58. The standard InChI is InChI=1S/C17H29NOS/c1-5-6-15-7-9-16(10-8-15)17(18-4)13-20(19)12-11-14(2)3/h7-10,14,17-18H,5-6,11-13H2,1-4H3. The molecule has 0 heterocycles. The topological polar surface area (TPSA) is 29.1 Å². The minimum Gasteiger partial charge on any atom is -0.312 e. The lowest BCUT2D eigenvalue weighted by Crippen LogP contribution is -2.24. The Morgan fingerprint density at radius 3 is 2.35 bits per heavy atom. The lowest BCUT2D eigenvalue weighted by molar-refractivity contribution is 0.608. The van der Waals surface area contributed by atoms with E-state index < -0.39 is 10.8 Å². The van der Waals surface area contributed by atoms with Gasteiger partial charge in [0.2, 0.25) is 0 Å². The summed E-state index contributed by atoms with van der Waals surface area (Å²) >= 11 is 0. The average Bonchev–Trinajstić information content (AvgIpc) is 2.44. The highest BCUT2D eigenvalue weighted by Crippen LogP contribution is 2.16. The van der Waals surface area contributed by atoms with E-state index in [1.807, 2.05) is 7.05 Å². The van der Waals surface area contributed by atoms with Crippen LogP contribution in [0.25, 0.3) is 0 Å². The molecule has 2 nitrogen and oxygen atoms in total. The fourth-order valence-electron chi connectivity index (χ4n) is 2.19. The molecular formula is C17H29NOS. The summed E-state index contributed by atoms with van der Waals surface area (Å²) in [5.41, 5.74) is 2.62. The van der Waals surface area contributed by atoms with Crippen molar-refractivity contribution < 1.29 is 4.21 Å². The normalized spacial score (nSPS) is 14.4. The molecule has 1 aromatic rings. The van der Waals surface area contributed by atoms with E-state index in [-0.39, 0.29) is 6.04 Å². The summed E-state index contributed by atoms with van der Waals surface area (Å²) in [6.07, 6.45) is 3.34. The summed E-state index contributed by atoms with van der Waals surface area (Å²) < 4.78 is 12.1. The van der Waals surface area contributed by atoms with Crippen LogP contribution in [0.5, 0.6) is 0 Å². The van der Waals surface area contributed by atoms with E-state index in [2.05, 4.69) is 50.4 Å². The van der Waals surface area contributed by atoms with E-state index in [1.165, 1.54) is 17.5 Å². The van der Waals surface area contributed by atoms with Gasteiger partial charge in [0.05, 0.1) is 0 Å². The van der Waals surface area contributed by atoms with Crippen LogP contribution in [0.15, 0.2) is 24.3 Å². The summed E-state index contributed by atoms with van der Waals surface area (Å²) in [4.78, 5) is 0. The Morgan fingerprint density at radius 1 is 1.20 bits per heavy atom. The molecule has 0 aliphatic carbocycles. The van der Waals surface area contributed by atoms with Gasteiger partial charge in [0.1, 0.15) is 0 Å². The SMILES string of the molecule is CCCc1ccc(C(CS(=O)CCC(C)C)NC)cc1. The first-order valence-corrected chi connectivity index (χ1v) is 9.16. The van der Waals surface area contributed by atoms with Crippen molar-refractivity contribution in [3.05, 3.63) is 35.4 Å². The van der Waals surface area contributed by atoms with Crippen LogP contribution in [0.4, 0.5) is 0 Å². The fourth-order valence-corrected chi connectivity index (χ4v) is 3.82. The molecule has 1 N–H and O–H groups in total. The number of hydrogen-bond donors (Lipinski definition) is 1. The number of aryl methyl sites for hydroxylation is 1. The maximum absolute atomic E-state index is 12.1. The van der Waals surface area contributed by atoms with Crippen LogP contribution in [-0.2, 0) is 17.2 Å². The van der Waals surface area contributed by atoms with Crippen molar-refractivity contribution in [3.63, 3.8) is 0 Å². The largest absolute Gasteiger partial charge is 0.312 e. The Bertz CT molecular complexity index is 400. The third kappa shape index (κ3) is 6.19. The lowest BCUT2D eigenvalue weighted by atomic mass is 10.0. The van der Waals surface area contributed by atoms with E-state index in [4.69, 9.17) is 0 Å². The summed E-state index contributed by atoms with van der Waals surface area (Å²) in [7, 11) is 1.21. The molecule has 0 amide bonds. The highest BCUT2D eigenvalue weighted by molar-refractivity contribution is 7.85. The molecule has 0 bridgehead atoms. The first-order chi connectivity index (χ1) is 9.56. The zero-order valence-corrected chi connectivity index (χ0v) is 14.1. The first-order valence-electron chi connectivity index (χ1n) is 7.67. The van der Waals surface area contributed by atoms with Crippen LogP contribution in [-0.4, -0.2) is 22.8 Å². The quantitative estimate of drug-likeness (QED) is 0.753. The summed E-state index contributed by atoms with van der Waals surface area (Å²) in [6, 6.07) is 8.93. The molecule has 0 spiro atoms. The zero-order chi connectivity index (χ0) is 15.0. The highest BCUT2D eigenvalue weighted by atomic mass is 32.2. The van der Waals surface area contributed by atoms with Crippen molar-refractivity contribution in [2.75, 3.05) is 18.6 Å². The minimum atomic E-state index is -0.742. The van der Waals surface area contributed by atoms with E-state index in [0.29, 0.717) is 11.7 Å². The minimum absolute atomic E-state index is 0.193. The van der Waals surface area contributed by atoms with Crippen LogP contribution in [0.1, 0.15) is 50.8 Å². The van der Waals surface area contributed by atoms with Crippen LogP contribution >= 0.6 is 0 Å². The number of nitrogens with one attached hydrogen (secondary N) is 1. The van der Waals surface area contributed by atoms with Gasteiger partial charge in [-0.05, 0) is 36.9 Å². The predicted octanol–water partition coefficient (Wildman–Crippen LogP) is 3.69. The van der Waals surface area contributed by atoms with Crippen LogP contribution in [0.3, 0.4) is 0 Å². The third-order valence-electron chi connectivity index (χ3n) is 3.54. The molecule has 0 saturated carbocycles. The molecule has 1 aromatic carbocycles. The molecule has 0 aliphatic heterocycles. The molecule has 20 heavy (non-hydrogen) atoms. The van der Waals surface area contributed by atoms with Crippen molar-refractivity contribution in [1.29, 1.82) is 0 Å². The maximum atomic E-state index is 12.1. The van der Waals surface area contributed by atoms with Gasteiger partial charge in [0, 0.05) is 28.3 Å². The Kier molecular flexibility index (Phi) is 8.08. The summed E-state index contributed by atoms with van der Waals surface area (Å²) in [6.45, 7) is 6.56. The van der Waals surface area contributed by atoms with Crippen molar-refractivity contribution in [2.24, 2.45) is 5.92 Å². The van der Waals surface area contributed by atoms with E-state index in [0.717, 1.165) is 18.6 Å². The Morgan fingerprint density at radius 2 is 1.85 bits per heavy atom. The average molecular weight is 295 g/mol.